The van der Waals surface area contributed by atoms with E-state index in [0.29, 0.717) is 13.1 Å². The normalized spacial score (nSPS) is 23.6. The van der Waals surface area contributed by atoms with Gasteiger partial charge < -0.3 is 15.3 Å². The Labute approximate surface area is 102 Å². The number of carbonyl (C=O) groups is 2. The molecule has 2 N–H and O–H groups in total. The van der Waals surface area contributed by atoms with Gasteiger partial charge in [0.1, 0.15) is 0 Å². The molecule has 1 amide bonds. The Hall–Kier alpha value is -1.10. The minimum absolute atomic E-state index is 0.0133. The quantitative estimate of drug-likeness (QED) is 0.724. The predicted molar refractivity (Wildman–Crippen MR) is 64.8 cm³/mol. The van der Waals surface area contributed by atoms with Crippen LogP contribution in [0.5, 0.6) is 0 Å². The first-order chi connectivity index (χ1) is 8.05. The highest BCUT2D eigenvalue weighted by molar-refractivity contribution is 5.87. The summed E-state index contributed by atoms with van der Waals surface area (Å²) >= 11 is 0. The van der Waals surface area contributed by atoms with Crippen molar-refractivity contribution in [2.75, 3.05) is 19.6 Å². The second-order valence-electron chi connectivity index (χ2n) is 4.49. The lowest BCUT2D eigenvalue weighted by atomic mass is 9.92. The average Bonchev–Trinajstić information content (AvgIpc) is 2.79. The molecule has 0 aromatic rings. The molecule has 0 aromatic heterocycles. The highest BCUT2D eigenvalue weighted by atomic mass is 16.4. The van der Waals surface area contributed by atoms with Crippen LogP contribution < -0.4 is 5.32 Å². The number of amides is 1. The maximum absolute atomic E-state index is 12.4. The maximum Gasteiger partial charge on any atom is 0.305 e. The molecule has 0 aromatic carbocycles. The Morgan fingerprint density at radius 2 is 2.12 bits per heavy atom. The van der Waals surface area contributed by atoms with Gasteiger partial charge >= 0.3 is 5.97 Å². The molecule has 1 aliphatic heterocycles. The maximum atomic E-state index is 12.4. The fourth-order valence-electron chi connectivity index (χ4n) is 2.38. The van der Waals surface area contributed by atoms with Gasteiger partial charge in [-0.3, -0.25) is 9.59 Å². The topological polar surface area (TPSA) is 69.6 Å². The van der Waals surface area contributed by atoms with Crippen molar-refractivity contribution in [3.05, 3.63) is 0 Å². The van der Waals surface area contributed by atoms with Gasteiger partial charge in [0.05, 0.1) is 12.0 Å². The van der Waals surface area contributed by atoms with E-state index in [1.165, 1.54) is 0 Å². The number of nitrogens with one attached hydrogen (secondary N) is 1. The van der Waals surface area contributed by atoms with Crippen LogP contribution in [0.15, 0.2) is 0 Å². The summed E-state index contributed by atoms with van der Waals surface area (Å²) in [6.07, 6.45) is 2.64. The van der Waals surface area contributed by atoms with Crippen molar-refractivity contribution in [2.24, 2.45) is 0 Å². The molecule has 0 aliphatic carbocycles. The van der Waals surface area contributed by atoms with E-state index >= 15 is 0 Å². The minimum Gasteiger partial charge on any atom is -0.481 e. The van der Waals surface area contributed by atoms with Crippen LogP contribution in [0, 0.1) is 0 Å². The van der Waals surface area contributed by atoms with E-state index < -0.39 is 11.5 Å². The molecule has 1 saturated heterocycles. The van der Waals surface area contributed by atoms with Gasteiger partial charge in [-0.05, 0) is 32.7 Å². The molecule has 5 nitrogen and oxygen atoms in total. The Morgan fingerprint density at radius 1 is 1.41 bits per heavy atom. The molecule has 98 valence electrons. The van der Waals surface area contributed by atoms with Gasteiger partial charge in [-0.2, -0.15) is 0 Å². The van der Waals surface area contributed by atoms with Gasteiger partial charge in [0.25, 0.3) is 0 Å². The Bertz CT molecular complexity index is 285. The van der Waals surface area contributed by atoms with Crippen LogP contribution >= 0.6 is 0 Å². The van der Waals surface area contributed by atoms with Gasteiger partial charge in [-0.25, -0.2) is 0 Å². The van der Waals surface area contributed by atoms with E-state index in [1.807, 2.05) is 13.8 Å². The first kappa shape index (κ1) is 14.0. The fourth-order valence-corrected chi connectivity index (χ4v) is 2.38. The third kappa shape index (κ3) is 3.19. The zero-order chi connectivity index (χ0) is 12.9. The number of likely N-dealkylation sites (N-methyl/N-ethyl adjacent to an activating group) is 1. The summed E-state index contributed by atoms with van der Waals surface area (Å²) in [7, 11) is 0. The first-order valence-corrected chi connectivity index (χ1v) is 6.32. The lowest BCUT2D eigenvalue weighted by molar-refractivity contribution is -0.140. The average molecular weight is 242 g/mol. The van der Waals surface area contributed by atoms with Crippen molar-refractivity contribution in [2.45, 2.75) is 45.1 Å². The lowest BCUT2D eigenvalue weighted by Crippen LogP contribution is -2.54. The summed E-state index contributed by atoms with van der Waals surface area (Å²) in [6, 6.07) is 0. The SMILES string of the molecule is CCN(CCC(=O)O)C(=O)C1(CC)CCCN1. The van der Waals surface area contributed by atoms with Crippen LogP contribution in [0.3, 0.4) is 0 Å². The monoisotopic (exact) mass is 242 g/mol. The number of hydrogen-bond acceptors (Lipinski definition) is 3. The van der Waals surface area contributed by atoms with Crippen LogP contribution in [-0.4, -0.2) is 47.1 Å². The molecule has 5 heteroatoms. The Morgan fingerprint density at radius 3 is 2.53 bits per heavy atom. The molecule has 1 aliphatic rings. The van der Waals surface area contributed by atoms with E-state index in [2.05, 4.69) is 5.32 Å². The molecule has 0 bridgehead atoms. The molecular weight excluding hydrogens is 220 g/mol. The third-order valence-corrected chi connectivity index (χ3v) is 3.52. The fraction of sp³-hybridized carbons (Fsp3) is 0.833. The van der Waals surface area contributed by atoms with E-state index in [9.17, 15) is 9.59 Å². The van der Waals surface area contributed by atoms with E-state index in [4.69, 9.17) is 5.11 Å². The van der Waals surface area contributed by atoms with Gasteiger partial charge in [0.2, 0.25) is 5.91 Å². The van der Waals surface area contributed by atoms with Crippen molar-refractivity contribution in [3.63, 3.8) is 0 Å². The molecule has 1 rings (SSSR count). The van der Waals surface area contributed by atoms with Gasteiger partial charge in [-0.15, -0.1) is 0 Å². The molecule has 1 heterocycles. The largest absolute Gasteiger partial charge is 0.481 e. The minimum atomic E-state index is -0.860. The van der Waals surface area contributed by atoms with Crippen LogP contribution in [-0.2, 0) is 9.59 Å². The zero-order valence-electron chi connectivity index (χ0n) is 10.7. The first-order valence-electron chi connectivity index (χ1n) is 6.32. The summed E-state index contributed by atoms with van der Waals surface area (Å²) in [6.45, 7) is 5.62. The van der Waals surface area contributed by atoms with Gasteiger partial charge in [0.15, 0.2) is 0 Å². The summed E-state index contributed by atoms with van der Waals surface area (Å²) in [5.41, 5.74) is -0.450. The van der Waals surface area contributed by atoms with Crippen LogP contribution in [0.2, 0.25) is 0 Å². The molecule has 1 fully saturated rings. The van der Waals surface area contributed by atoms with Crippen LogP contribution in [0.25, 0.3) is 0 Å². The molecule has 1 atom stereocenters. The Balaban J connectivity index is 2.66. The molecule has 1 unspecified atom stereocenters. The summed E-state index contributed by atoms with van der Waals surface area (Å²) in [5, 5.41) is 12.0. The zero-order valence-corrected chi connectivity index (χ0v) is 10.7. The third-order valence-electron chi connectivity index (χ3n) is 3.52. The number of aliphatic carboxylic acids is 1. The van der Waals surface area contributed by atoms with Gasteiger partial charge in [-0.1, -0.05) is 6.92 Å². The molecule has 0 saturated carbocycles. The van der Waals surface area contributed by atoms with Crippen LogP contribution in [0.4, 0.5) is 0 Å². The molecule has 0 spiro atoms. The van der Waals surface area contributed by atoms with E-state index in [-0.39, 0.29) is 12.3 Å². The second-order valence-corrected chi connectivity index (χ2v) is 4.49. The highest BCUT2D eigenvalue weighted by Gasteiger charge is 2.41. The highest BCUT2D eigenvalue weighted by Crippen LogP contribution is 2.25. The second kappa shape index (κ2) is 6.00. The van der Waals surface area contributed by atoms with Gasteiger partial charge in [0, 0.05) is 13.1 Å². The number of carboxylic acids is 1. The van der Waals surface area contributed by atoms with Crippen molar-refractivity contribution in [3.8, 4) is 0 Å². The van der Waals surface area contributed by atoms with E-state index in [0.717, 1.165) is 25.8 Å². The Kier molecular flexibility index (Phi) is 4.93. The standard InChI is InChI=1S/C12H22N2O3/c1-3-12(7-5-8-13-12)11(17)14(4-2)9-6-10(15)16/h13H,3-9H2,1-2H3,(H,15,16). The smallest absolute Gasteiger partial charge is 0.305 e. The lowest BCUT2D eigenvalue weighted by Gasteiger charge is -2.33. The summed E-state index contributed by atoms with van der Waals surface area (Å²) in [4.78, 5) is 24.6. The number of nitrogens with zero attached hydrogens (tertiary/aromatic N) is 1. The number of carbonyl (C=O) groups excluding carboxylic acids is 1. The summed E-state index contributed by atoms with van der Waals surface area (Å²) < 4.78 is 0. The van der Waals surface area contributed by atoms with Crippen molar-refractivity contribution >= 4 is 11.9 Å². The number of carboxylic acid groups (broad SMARTS) is 1. The number of hydrogen-bond donors (Lipinski definition) is 2. The van der Waals surface area contributed by atoms with Crippen LogP contribution in [0.1, 0.15) is 39.5 Å². The summed E-state index contributed by atoms with van der Waals surface area (Å²) in [5.74, 6) is -0.803. The number of rotatable bonds is 6. The van der Waals surface area contributed by atoms with Crippen molar-refractivity contribution < 1.29 is 14.7 Å². The van der Waals surface area contributed by atoms with Crippen molar-refractivity contribution in [1.29, 1.82) is 0 Å². The van der Waals surface area contributed by atoms with E-state index in [1.54, 1.807) is 4.90 Å². The molecule has 17 heavy (non-hydrogen) atoms. The predicted octanol–water partition coefficient (Wildman–Crippen LogP) is 0.842. The molecular formula is C12H22N2O3. The molecule has 0 radical (unpaired) electrons. The van der Waals surface area contributed by atoms with Crippen molar-refractivity contribution in [1.82, 2.24) is 10.2 Å².